The first-order valence-corrected chi connectivity index (χ1v) is 8.78. The number of halogens is 3. The van der Waals surface area contributed by atoms with Crippen LogP contribution in [0.3, 0.4) is 0 Å². The predicted molar refractivity (Wildman–Crippen MR) is 78.3 cm³/mol. The summed E-state index contributed by atoms with van der Waals surface area (Å²) in [4.78, 5) is 10.5. The molecule has 24 heavy (non-hydrogen) atoms. The normalized spacial score (nSPS) is 19.1. The molecule has 1 aliphatic heterocycles. The molecule has 6 nitrogen and oxygen atoms in total. The van der Waals surface area contributed by atoms with E-state index in [0.717, 1.165) is 4.31 Å². The van der Waals surface area contributed by atoms with Gasteiger partial charge >= 0.3 is 6.09 Å². The molecule has 134 valence electrons. The highest BCUT2D eigenvalue weighted by Crippen LogP contribution is 2.25. The van der Waals surface area contributed by atoms with Crippen molar-refractivity contribution in [3.63, 3.8) is 0 Å². The van der Waals surface area contributed by atoms with Crippen LogP contribution in [0.15, 0.2) is 17.0 Å². The molecule has 0 saturated carbocycles. The Morgan fingerprint density at radius 3 is 2.71 bits per heavy atom. The SMILES string of the molecule is CCOC(=O)N[C@@H]1CCCN(S(=O)(=O)c2ccc(F)c(F)c2F)C1. The minimum absolute atomic E-state index is 0.0851. The number of hydrogen-bond donors (Lipinski definition) is 1. The molecule has 0 aromatic heterocycles. The Labute approximate surface area is 137 Å². The van der Waals surface area contributed by atoms with Crippen molar-refractivity contribution in [1.82, 2.24) is 9.62 Å². The van der Waals surface area contributed by atoms with Crippen molar-refractivity contribution >= 4 is 16.1 Å². The third kappa shape index (κ3) is 3.81. The Bertz CT molecular complexity index is 727. The number of carbonyl (C=O) groups excluding carboxylic acids is 1. The molecule has 0 bridgehead atoms. The quantitative estimate of drug-likeness (QED) is 0.827. The molecular weight excluding hydrogens is 349 g/mol. The number of ether oxygens (including phenoxy) is 1. The van der Waals surface area contributed by atoms with Gasteiger partial charge in [0, 0.05) is 19.1 Å². The van der Waals surface area contributed by atoms with E-state index in [4.69, 9.17) is 4.74 Å². The topological polar surface area (TPSA) is 75.7 Å². The van der Waals surface area contributed by atoms with Gasteiger partial charge in [-0.05, 0) is 31.9 Å². The number of benzene rings is 1. The summed E-state index contributed by atoms with van der Waals surface area (Å²) in [5, 5.41) is 2.51. The fourth-order valence-corrected chi connectivity index (χ4v) is 4.04. The maximum absolute atomic E-state index is 13.8. The molecular formula is C14H17F3N2O4S. The second-order valence-electron chi connectivity index (χ2n) is 5.24. The molecule has 1 atom stereocenters. The summed E-state index contributed by atoms with van der Waals surface area (Å²) in [7, 11) is -4.35. The highest BCUT2D eigenvalue weighted by molar-refractivity contribution is 7.89. The van der Waals surface area contributed by atoms with Crippen molar-refractivity contribution in [2.45, 2.75) is 30.7 Å². The van der Waals surface area contributed by atoms with E-state index in [1.54, 1.807) is 6.92 Å². The second-order valence-corrected chi connectivity index (χ2v) is 7.15. The van der Waals surface area contributed by atoms with Crippen LogP contribution in [-0.4, -0.2) is 44.6 Å². The van der Waals surface area contributed by atoms with Gasteiger partial charge in [-0.3, -0.25) is 0 Å². The van der Waals surface area contributed by atoms with Gasteiger partial charge in [-0.25, -0.2) is 26.4 Å². The molecule has 1 saturated heterocycles. The summed E-state index contributed by atoms with van der Waals surface area (Å²) >= 11 is 0. The van der Waals surface area contributed by atoms with Crippen LogP contribution >= 0.6 is 0 Å². The van der Waals surface area contributed by atoms with E-state index in [1.165, 1.54) is 0 Å². The zero-order chi connectivity index (χ0) is 17.9. The van der Waals surface area contributed by atoms with Crippen LogP contribution < -0.4 is 5.32 Å². The van der Waals surface area contributed by atoms with Crippen LogP contribution in [0.5, 0.6) is 0 Å². The molecule has 0 radical (unpaired) electrons. The van der Waals surface area contributed by atoms with Gasteiger partial charge in [-0.15, -0.1) is 0 Å². The van der Waals surface area contributed by atoms with E-state index in [1.807, 2.05) is 0 Å². The maximum Gasteiger partial charge on any atom is 0.407 e. The van der Waals surface area contributed by atoms with Gasteiger partial charge in [0.05, 0.1) is 6.61 Å². The van der Waals surface area contributed by atoms with Crippen molar-refractivity contribution in [1.29, 1.82) is 0 Å². The lowest BCUT2D eigenvalue weighted by molar-refractivity contribution is 0.142. The number of amides is 1. The lowest BCUT2D eigenvalue weighted by atomic mass is 10.1. The van der Waals surface area contributed by atoms with Crippen LogP contribution in [0.4, 0.5) is 18.0 Å². The van der Waals surface area contributed by atoms with Crippen LogP contribution in [0.2, 0.25) is 0 Å². The molecule has 0 aliphatic carbocycles. The van der Waals surface area contributed by atoms with E-state index < -0.39 is 44.5 Å². The largest absolute Gasteiger partial charge is 0.450 e. The van der Waals surface area contributed by atoms with Crippen LogP contribution in [0, 0.1) is 17.5 Å². The number of carbonyl (C=O) groups is 1. The van der Waals surface area contributed by atoms with Gasteiger partial charge < -0.3 is 10.1 Å². The third-order valence-corrected chi connectivity index (χ3v) is 5.48. The molecule has 2 rings (SSSR count). The molecule has 1 fully saturated rings. The smallest absolute Gasteiger partial charge is 0.407 e. The average Bonchev–Trinajstić information content (AvgIpc) is 2.53. The van der Waals surface area contributed by atoms with E-state index in [2.05, 4.69) is 5.32 Å². The summed E-state index contributed by atoms with van der Waals surface area (Å²) in [6.07, 6.45) is 0.257. The lowest BCUT2D eigenvalue weighted by Crippen LogP contribution is -2.49. The van der Waals surface area contributed by atoms with Crippen LogP contribution in [-0.2, 0) is 14.8 Å². The fourth-order valence-electron chi connectivity index (χ4n) is 2.46. The third-order valence-electron chi connectivity index (χ3n) is 3.60. The number of nitrogens with zero attached hydrogens (tertiary/aromatic N) is 1. The summed E-state index contributed by atoms with van der Waals surface area (Å²) in [6, 6.07) is 0.732. The second kappa shape index (κ2) is 7.39. The average molecular weight is 366 g/mol. The minimum Gasteiger partial charge on any atom is -0.450 e. The van der Waals surface area contributed by atoms with Crippen LogP contribution in [0.1, 0.15) is 19.8 Å². The van der Waals surface area contributed by atoms with E-state index in [9.17, 15) is 26.4 Å². The first kappa shape index (κ1) is 18.5. The predicted octanol–water partition coefficient (Wildman–Crippen LogP) is 2.00. The molecule has 1 N–H and O–H groups in total. The Balaban J connectivity index is 2.20. The van der Waals surface area contributed by atoms with Gasteiger partial charge in [-0.2, -0.15) is 4.31 Å². The van der Waals surface area contributed by atoms with Crippen molar-refractivity contribution < 1.29 is 31.1 Å². The van der Waals surface area contributed by atoms with Gasteiger partial charge in [-0.1, -0.05) is 0 Å². The number of rotatable bonds is 4. The summed E-state index contributed by atoms with van der Waals surface area (Å²) in [5.41, 5.74) is 0. The molecule has 0 unspecified atom stereocenters. The zero-order valence-corrected chi connectivity index (χ0v) is 13.7. The van der Waals surface area contributed by atoms with Crippen molar-refractivity contribution in [2.24, 2.45) is 0 Å². The summed E-state index contributed by atoms with van der Waals surface area (Å²) < 4.78 is 70.7. The molecule has 1 aromatic rings. The Kier molecular flexibility index (Phi) is 5.70. The van der Waals surface area contributed by atoms with E-state index >= 15 is 0 Å². The lowest BCUT2D eigenvalue weighted by Gasteiger charge is -2.32. The number of nitrogens with one attached hydrogen (secondary N) is 1. The number of alkyl carbamates (subject to hydrolysis) is 1. The molecule has 1 aliphatic rings. The molecule has 1 heterocycles. The number of hydrogen-bond acceptors (Lipinski definition) is 4. The molecule has 0 spiro atoms. The van der Waals surface area contributed by atoms with E-state index in [-0.39, 0.29) is 19.7 Å². The molecule has 1 aromatic carbocycles. The molecule has 1 amide bonds. The first-order valence-electron chi connectivity index (χ1n) is 7.34. The number of piperidine rings is 1. The zero-order valence-electron chi connectivity index (χ0n) is 12.9. The van der Waals surface area contributed by atoms with Crippen molar-refractivity contribution in [3.05, 3.63) is 29.6 Å². The van der Waals surface area contributed by atoms with Crippen LogP contribution in [0.25, 0.3) is 0 Å². The maximum atomic E-state index is 13.8. The van der Waals surface area contributed by atoms with Gasteiger partial charge in [0.1, 0.15) is 4.90 Å². The minimum atomic E-state index is -4.35. The highest BCUT2D eigenvalue weighted by Gasteiger charge is 2.34. The van der Waals surface area contributed by atoms with Crippen molar-refractivity contribution in [3.8, 4) is 0 Å². The van der Waals surface area contributed by atoms with Gasteiger partial charge in [0.2, 0.25) is 10.0 Å². The first-order chi connectivity index (χ1) is 11.3. The fraction of sp³-hybridized carbons (Fsp3) is 0.500. The Morgan fingerprint density at radius 2 is 2.04 bits per heavy atom. The number of sulfonamides is 1. The Morgan fingerprint density at radius 1 is 1.33 bits per heavy atom. The Hall–Kier alpha value is -1.81. The van der Waals surface area contributed by atoms with Crippen molar-refractivity contribution in [2.75, 3.05) is 19.7 Å². The standard InChI is InChI=1S/C14H17F3N2O4S/c1-2-23-14(20)18-9-4-3-7-19(8-9)24(21,22)11-6-5-10(15)12(16)13(11)17/h5-6,9H,2-4,7-8H2,1H3,(H,18,20)/t9-/m1/s1. The monoisotopic (exact) mass is 366 g/mol. The van der Waals surface area contributed by atoms with Gasteiger partial charge in [0.15, 0.2) is 17.5 Å². The highest BCUT2D eigenvalue weighted by atomic mass is 32.2. The van der Waals surface area contributed by atoms with E-state index in [0.29, 0.717) is 25.0 Å². The van der Waals surface area contributed by atoms with Gasteiger partial charge in [0.25, 0.3) is 0 Å². The molecule has 10 heteroatoms. The summed E-state index contributed by atoms with van der Waals surface area (Å²) in [6.45, 7) is 1.77. The summed E-state index contributed by atoms with van der Waals surface area (Å²) in [5.74, 6) is -5.06.